The van der Waals surface area contributed by atoms with Gasteiger partial charge >= 0.3 is 0 Å². The molecule has 104 valence electrons. The summed E-state index contributed by atoms with van der Waals surface area (Å²) in [5, 5.41) is 0. The number of nitrogens with zero attached hydrogens (tertiary/aromatic N) is 2. The first kappa shape index (κ1) is 13.7. The maximum atomic E-state index is 6.01. The third-order valence-corrected chi connectivity index (χ3v) is 3.24. The van der Waals surface area contributed by atoms with Crippen LogP contribution in [0.1, 0.15) is 20.3 Å². The summed E-state index contributed by atoms with van der Waals surface area (Å²) in [5.74, 6) is 0.883. The normalized spacial score (nSPS) is 15.2. The molecule has 19 heavy (non-hydrogen) atoms. The van der Waals surface area contributed by atoms with Gasteiger partial charge in [0.05, 0.1) is 13.8 Å². The maximum Gasteiger partial charge on any atom is 0.119 e. The van der Waals surface area contributed by atoms with Crippen molar-refractivity contribution in [3.05, 3.63) is 36.7 Å². The molecule has 1 aromatic rings. The number of hydrogen-bond acceptors (Lipinski definition) is 4. The van der Waals surface area contributed by atoms with E-state index in [1.807, 2.05) is 12.1 Å². The molecule has 0 radical (unpaired) electrons. The van der Waals surface area contributed by atoms with Crippen LogP contribution in [0.2, 0.25) is 0 Å². The highest BCUT2D eigenvalue weighted by molar-refractivity contribution is 5.52. The molecular formula is C15H23N3O. The van der Waals surface area contributed by atoms with Gasteiger partial charge in [-0.25, -0.2) is 0 Å². The van der Waals surface area contributed by atoms with Crippen LogP contribution in [-0.4, -0.2) is 30.8 Å². The van der Waals surface area contributed by atoms with Crippen LogP contribution in [0.4, 0.5) is 5.69 Å². The van der Waals surface area contributed by atoms with Gasteiger partial charge in [0, 0.05) is 30.2 Å². The first-order valence-electron chi connectivity index (χ1n) is 6.60. The highest BCUT2D eigenvalue weighted by Gasteiger charge is 2.17. The fraction of sp³-hybridized carbons (Fsp3) is 0.467. The summed E-state index contributed by atoms with van der Waals surface area (Å²) < 4.78 is 5.17. The molecule has 0 unspecified atom stereocenters. The second-order valence-corrected chi connectivity index (χ2v) is 5.66. The first-order chi connectivity index (χ1) is 8.98. The Hall–Kier alpha value is -1.68. The van der Waals surface area contributed by atoms with Gasteiger partial charge in [0.1, 0.15) is 5.75 Å². The van der Waals surface area contributed by atoms with Gasteiger partial charge in [-0.15, -0.1) is 0 Å². The number of benzene rings is 1. The first-order valence-corrected chi connectivity index (χ1v) is 6.60. The van der Waals surface area contributed by atoms with Gasteiger partial charge in [-0.05, 0) is 44.5 Å². The largest absolute Gasteiger partial charge is 0.497 e. The van der Waals surface area contributed by atoms with Crippen LogP contribution in [0.3, 0.4) is 0 Å². The fourth-order valence-corrected chi connectivity index (χ4v) is 1.98. The van der Waals surface area contributed by atoms with E-state index >= 15 is 0 Å². The molecule has 1 heterocycles. The number of methoxy groups -OCH3 is 1. The van der Waals surface area contributed by atoms with Crippen molar-refractivity contribution < 1.29 is 4.74 Å². The summed E-state index contributed by atoms with van der Waals surface area (Å²) in [7, 11) is 1.68. The van der Waals surface area contributed by atoms with Crippen LogP contribution in [0.15, 0.2) is 36.7 Å². The molecule has 0 bridgehead atoms. The summed E-state index contributed by atoms with van der Waals surface area (Å²) in [4.78, 5) is 4.49. The van der Waals surface area contributed by atoms with E-state index in [2.05, 4.69) is 48.2 Å². The molecule has 0 fully saturated rings. The Morgan fingerprint density at radius 1 is 1.21 bits per heavy atom. The van der Waals surface area contributed by atoms with E-state index in [0.29, 0.717) is 0 Å². The monoisotopic (exact) mass is 261 g/mol. The van der Waals surface area contributed by atoms with Crippen LogP contribution in [0.25, 0.3) is 0 Å². The SMILES string of the molecule is COc1ccc(N2C=CN(CCC(C)(C)N)C2)cc1. The third kappa shape index (κ3) is 3.89. The highest BCUT2D eigenvalue weighted by atomic mass is 16.5. The Morgan fingerprint density at radius 3 is 2.47 bits per heavy atom. The van der Waals surface area contributed by atoms with Crippen LogP contribution in [0.5, 0.6) is 5.75 Å². The summed E-state index contributed by atoms with van der Waals surface area (Å²) in [6.45, 7) is 5.98. The third-order valence-electron chi connectivity index (χ3n) is 3.24. The Kier molecular flexibility index (Phi) is 4.00. The summed E-state index contributed by atoms with van der Waals surface area (Å²) in [5.41, 5.74) is 7.08. The molecule has 0 spiro atoms. The fourth-order valence-electron chi connectivity index (χ4n) is 1.98. The van der Waals surface area contributed by atoms with Gasteiger partial charge in [0.15, 0.2) is 0 Å². The molecule has 2 N–H and O–H groups in total. The van der Waals surface area contributed by atoms with Crippen LogP contribution in [-0.2, 0) is 0 Å². The second-order valence-electron chi connectivity index (χ2n) is 5.66. The quantitative estimate of drug-likeness (QED) is 0.883. The van der Waals surface area contributed by atoms with E-state index in [-0.39, 0.29) is 5.54 Å². The van der Waals surface area contributed by atoms with Crippen molar-refractivity contribution in [2.45, 2.75) is 25.8 Å². The zero-order valence-corrected chi connectivity index (χ0v) is 12.0. The minimum Gasteiger partial charge on any atom is -0.497 e. The van der Waals surface area contributed by atoms with Crippen LogP contribution < -0.4 is 15.4 Å². The zero-order valence-electron chi connectivity index (χ0n) is 12.0. The summed E-state index contributed by atoms with van der Waals surface area (Å²) in [6, 6.07) is 8.10. The molecule has 4 nitrogen and oxygen atoms in total. The maximum absolute atomic E-state index is 6.01. The molecule has 1 aromatic carbocycles. The molecule has 1 aliphatic rings. The second kappa shape index (κ2) is 5.53. The van der Waals surface area contributed by atoms with Crippen LogP contribution in [0, 0.1) is 0 Å². The lowest BCUT2D eigenvalue weighted by Crippen LogP contribution is -2.36. The van der Waals surface area contributed by atoms with E-state index in [4.69, 9.17) is 10.5 Å². The van der Waals surface area contributed by atoms with Crippen molar-refractivity contribution >= 4 is 5.69 Å². The molecule has 0 atom stereocenters. The van der Waals surface area contributed by atoms with Gasteiger partial charge in [-0.3, -0.25) is 0 Å². The number of hydrogen-bond donors (Lipinski definition) is 1. The van der Waals surface area contributed by atoms with Gasteiger partial charge in [0.2, 0.25) is 0 Å². The molecule has 2 rings (SSSR count). The lowest BCUT2D eigenvalue weighted by Gasteiger charge is -2.25. The van der Waals surface area contributed by atoms with Gasteiger partial charge < -0.3 is 20.3 Å². The van der Waals surface area contributed by atoms with E-state index < -0.39 is 0 Å². The van der Waals surface area contributed by atoms with E-state index in [9.17, 15) is 0 Å². The molecule has 1 aliphatic heterocycles. The van der Waals surface area contributed by atoms with Crippen molar-refractivity contribution in [1.82, 2.24) is 4.90 Å². The van der Waals surface area contributed by atoms with Crippen molar-refractivity contribution in [1.29, 1.82) is 0 Å². The zero-order chi connectivity index (χ0) is 13.9. The summed E-state index contributed by atoms with van der Waals surface area (Å²) >= 11 is 0. The Morgan fingerprint density at radius 2 is 1.89 bits per heavy atom. The van der Waals surface area contributed by atoms with Crippen molar-refractivity contribution in [3.8, 4) is 5.75 Å². The lowest BCUT2D eigenvalue weighted by atomic mass is 10.0. The summed E-state index contributed by atoms with van der Waals surface area (Å²) in [6.07, 6.45) is 5.20. The highest BCUT2D eigenvalue weighted by Crippen LogP contribution is 2.22. The van der Waals surface area contributed by atoms with Crippen molar-refractivity contribution in [2.75, 3.05) is 25.2 Å². The number of nitrogens with two attached hydrogens (primary N) is 1. The minimum absolute atomic E-state index is 0.110. The smallest absolute Gasteiger partial charge is 0.119 e. The minimum atomic E-state index is -0.110. The molecule has 0 aliphatic carbocycles. The predicted molar refractivity (Wildman–Crippen MR) is 79.1 cm³/mol. The predicted octanol–water partition coefficient (Wildman–Crippen LogP) is 2.37. The standard InChI is InChI=1S/C15H23N3O/c1-15(2,16)8-9-17-10-11-18(12-17)13-4-6-14(19-3)7-5-13/h4-7,10-11H,8-9,12,16H2,1-3H3. The van der Waals surface area contributed by atoms with E-state index in [1.54, 1.807) is 7.11 Å². The molecule has 0 saturated heterocycles. The molecule has 0 saturated carbocycles. The topological polar surface area (TPSA) is 41.7 Å². The van der Waals surface area contributed by atoms with Gasteiger partial charge in [-0.2, -0.15) is 0 Å². The van der Waals surface area contributed by atoms with E-state index in [0.717, 1.165) is 25.4 Å². The van der Waals surface area contributed by atoms with Gasteiger partial charge in [0.25, 0.3) is 0 Å². The molecule has 0 amide bonds. The average molecular weight is 261 g/mol. The average Bonchev–Trinajstić information content (AvgIpc) is 2.84. The van der Waals surface area contributed by atoms with Crippen molar-refractivity contribution in [2.24, 2.45) is 5.73 Å². The number of rotatable bonds is 5. The molecular weight excluding hydrogens is 238 g/mol. The lowest BCUT2D eigenvalue weighted by molar-refractivity contribution is 0.344. The Balaban J connectivity index is 1.89. The number of ether oxygens (including phenoxy) is 1. The van der Waals surface area contributed by atoms with Gasteiger partial charge in [-0.1, -0.05) is 0 Å². The van der Waals surface area contributed by atoms with E-state index in [1.165, 1.54) is 5.69 Å². The Bertz CT molecular complexity index is 434. The molecule has 4 heteroatoms. The van der Waals surface area contributed by atoms with Crippen molar-refractivity contribution in [3.63, 3.8) is 0 Å². The number of anilines is 1. The van der Waals surface area contributed by atoms with Crippen LogP contribution >= 0.6 is 0 Å². The Labute approximate surface area is 115 Å². The molecule has 0 aromatic heterocycles.